The Morgan fingerprint density at radius 2 is 2.13 bits per heavy atom. The lowest BCUT2D eigenvalue weighted by Gasteiger charge is -2.21. The molecular weight excluding hydrogens is 216 g/mol. The quantitative estimate of drug-likeness (QED) is 0.747. The summed E-state index contributed by atoms with van der Waals surface area (Å²) in [6.07, 6.45) is 1.49. The van der Waals surface area contributed by atoms with Crippen molar-refractivity contribution in [2.45, 2.75) is 12.5 Å². The third kappa shape index (κ3) is 1.97. The van der Waals surface area contributed by atoms with E-state index in [-0.39, 0.29) is 5.76 Å². The smallest absolute Gasteiger partial charge is 0.373 e. The van der Waals surface area contributed by atoms with E-state index in [4.69, 9.17) is 21.4 Å². The number of benzene rings is 1. The van der Waals surface area contributed by atoms with E-state index in [9.17, 15) is 4.79 Å². The molecule has 4 heteroatoms. The van der Waals surface area contributed by atoms with Crippen LogP contribution in [-0.2, 0) is 9.53 Å². The van der Waals surface area contributed by atoms with Crippen LogP contribution in [0.3, 0.4) is 0 Å². The van der Waals surface area contributed by atoms with Gasteiger partial charge in [-0.25, -0.2) is 4.79 Å². The number of carbonyl (C=O) groups excluding carboxylic acids is 1. The lowest BCUT2D eigenvalue weighted by atomic mass is 10.0. The van der Waals surface area contributed by atoms with Crippen LogP contribution in [-0.4, -0.2) is 11.1 Å². The number of ether oxygens (including phenoxy) is 1. The molecule has 3 nitrogen and oxygen atoms in total. The maximum Gasteiger partial charge on any atom is 0.373 e. The normalized spacial score (nSPS) is 20.7. The van der Waals surface area contributed by atoms with E-state index >= 15 is 0 Å². The van der Waals surface area contributed by atoms with Crippen LogP contribution in [0.1, 0.15) is 18.1 Å². The number of aliphatic hydroxyl groups is 1. The Bertz CT molecular complexity index is 426. The van der Waals surface area contributed by atoms with Gasteiger partial charge in [0.05, 0.1) is 0 Å². The molecule has 0 bridgehead atoms. The highest BCUT2D eigenvalue weighted by Gasteiger charge is 2.24. The van der Waals surface area contributed by atoms with Gasteiger partial charge in [-0.2, -0.15) is 0 Å². The van der Waals surface area contributed by atoms with Crippen molar-refractivity contribution in [3.8, 4) is 0 Å². The van der Waals surface area contributed by atoms with Crippen molar-refractivity contribution in [2.75, 3.05) is 0 Å². The highest BCUT2D eigenvalue weighted by molar-refractivity contribution is 6.31. The SMILES string of the molecule is O=C1OC(c2ccccc2Cl)CC=C1O. The number of carbonyl (C=O) groups is 1. The fraction of sp³-hybridized carbons (Fsp3) is 0.182. The summed E-state index contributed by atoms with van der Waals surface area (Å²) < 4.78 is 5.02. The van der Waals surface area contributed by atoms with Gasteiger partial charge in [0.1, 0.15) is 6.10 Å². The Balaban J connectivity index is 2.28. The molecule has 0 amide bonds. The molecule has 1 unspecified atom stereocenters. The van der Waals surface area contributed by atoms with Gasteiger partial charge in [-0.1, -0.05) is 29.8 Å². The number of hydrogen-bond acceptors (Lipinski definition) is 3. The van der Waals surface area contributed by atoms with Crippen LogP contribution < -0.4 is 0 Å². The van der Waals surface area contributed by atoms with E-state index in [0.29, 0.717) is 11.4 Å². The van der Waals surface area contributed by atoms with E-state index in [2.05, 4.69) is 0 Å². The molecule has 1 N–H and O–H groups in total. The predicted octanol–water partition coefficient (Wildman–Crippen LogP) is 2.77. The minimum atomic E-state index is -0.703. The second kappa shape index (κ2) is 3.95. The van der Waals surface area contributed by atoms with Gasteiger partial charge in [-0.3, -0.25) is 0 Å². The molecule has 0 radical (unpaired) electrons. The molecule has 1 aliphatic rings. The highest BCUT2D eigenvalue weighted by atomic mass is 35.5. The van der Waals surface area contributed by atoms with Crippen molar-refractivity contribution in [3.05, 3.63) is 46.7 Å². The molecule has 0 spiro atoms. The second-order valence-corrected chi connectivity index (χ2v) is 3.65. The molecule has 0 fully saturated rings. The largest absolute Gasteiger partial charge is 0.502 e. The minimum Gasteiger partial charge on any atom is -0.502 e. The van der Waals surface area contributed by atoms with Crippen LogP contribution >= 0.6 is 11.6 Å². The van der Waals surface area contributed by atoms with Gasteiger partial charge in [0.2, 0.25) is 0 Å². The molecular formula is C11H9ClO3. The Labute approximate surface area is 91.9 Å². The van der Waals surface area contributed by atoms with Gasteiger partial charge >= 0.3 is 5.97 Å². The monoisotopic (exact) mass is 224 g/mol. The molecule has 1 heterocycles. The fourth-order valence-corrected chi connectivity index (χ4v) is 1.72. The van der Waals surface area contributed by atoms with Crippen molar-refractivity contribution < 1.29 is 14.6 Å². The van der Waals surface area contributed by atoms with Gasteiger partial charge in [0.15, 0.2) is 5.76 Å². The molecule has 0 aliphatic carbocycles. The van der Waals surface area contributed by atoms with E-state index in [1.54, 1.807) is 12.1 Å². The zero-order valence-electron chi connectivity index (χ0n) is 7.81. The number of halogens is 1. The first kappa shape index (κ1) is 10.1. The van der Waals surface area contributed by atoms with E-state index in [1.165, 1.54) is 6.08 Å². The Kier molecular flexibility index (Phi) is 2.64. The third-order valence-electron chi connectivity index (χ3n) is 2.24. The number of cyclic esters (lactones) is 1. The lowest BCUT2D eigenvalue weighted by molar-refractivity contribution is -0.149. The Morgan fingerprint density at radius 3 is 2.80 bits per heavy atom. The van der Waals surface area contributed by atoms with Gasteiger partial charge in [-0.15, -0.1) is 0 Å². The first-order chi connectivity index (χ1) is 7.18. The van der Waals surface area contributed by atoms with Crippen molar-refractivity contribution in [1.82, 2.24) is 0 Å². The second-order valence-electron chi connectivity index (χ2n) is 3.24. The average molecular weight is 225 g/mol. The van der Waals surface area contributed by atoms with Crippen molar-refractivity contribution in [1.29, 1.82) is 0 Å². The van der Waals surface area contributed by atoms with E-state index in [0.717, 1.165) is 5.56 Å². The molecule has 15 heavy (non-hydrogen) atoms. The molecule has 0 aromatic heterocycles. The van der Waals surface area contributed by atoms with Crippen LogP contribution in [0, 0.1) is 0 Å². The lowest BCUT2D eigenvalue weighted by Crippen LogP contribution is -2.17. The van der Waals surface area contributed by atoms with Crippen molar-refractivity contribution in [2.24, 2.45) is 0 Å². The fourth-order valence-electron chi connectivity index (χ4n) is 1.47. The summed E-state index contributed by atoms with van der Waals surface area (Å²) in [5.74, 6) is -1.04. The van der Waals surface area contributed by atoms with Crippen LogP contribution in [0.5, 0.6) is 0 Å². The van der Waals surface area contributed by atoms with Gasteiger partial charge < -0.3 is 9.84 Å². The molecule has 0 saturated heterocycles. The molecule has 1 aliphatic heterocycles. The number of rotatable bonds is 1. The Hall–Kier alpha value is -1.48. The number of esters is 1. The first-order valence-electron chi connectivity index (χ1n) is 4.53. The van der Waals surface area contributed by atoms with Crippen molar-refractivity contribution >= 4 is 17.6 Å². The van der Waals surface area contributed by atoms with Crippen LogP contribution in [0.15, 0.2) is 36.1 Å². The zero-order valence-corrected chi connectivity index (χ0v) is 8.57. The number of aliphatic hydroxyl groups excluding tert-OH is 1. The Morgan fingerprint density at radius 1 is 1.40 bits per heavy atom. The molecule has 0 saturated carbocycles. The summed E-state index contributed by atoms with van der Waals surface area (Å²) in [4.78, 5) is 11.1. The van der Waals surface area contributed by atoms with E-state index in [1.807, 2.05) is 12.1 Å². The maximum atomic E-state index is 11.1. The molecule has 1 atom stereocenters. The maximum absolute atomic E-state index is 11.1. The van der Waals surface area contributed by atoms with Gasteiger partial charge in [0, 0.05) is 17.0 Å². The summed E-state index contributed by atoms with van der Waals surface area (Å²) in [6, 6.07) is 7.18. The average Bonchev–Trinajstić information content (AvgIpc) is 2.23. The molecule has 78 valence electrons. The summed E-state index contributed by atoms with van der Waals surface area (Å²) in [6.45, 7) is 0. The van der Waals surface area contributed by atoms with Crippen molar-refractivity contribution in [3.63, 3.8) is 0 Å². The summed E-state index contributed by atoms with van der Waals surface area (Å²) >= 11 is 5.97. The predicted molar refractivity (Wildman–Crippen MR) is 55.6 cm³/mol. The first-order valence-corrected chi connectivity index (χ1v) is 4.91. The molecule has 1 aromatic rings. The van der Waals surface area contributed by atoms with E-state index < -0.39 is 12.1 Å². The van der Waals surface area contributed by atoms with Crippen LogP contribution in [0.2, 0.25) is 5.02 Å². The number of hydrogen-bond donors (Lipinski definition) is 1. The summed E-state index contributed by atoms with van der Waals surface area (Å²) in [7, 11) is 0. The molecule has 2 rings (SSSR count). The standard InChI is InChI=1S/C11H9ClO3/c12-8-4-2-1-3-7(8)10-6-5-9(13)11(14)15-10/h1-5,10,13H,6H2. The highest BCUT2D eigenvalue weighted by Crippen LogP contribution is 2.31. The van der Waals surface area contributed by atoms with Gasteiger partial charge in [0.25, 0.3) is 0 Å². The third-order valence-corrected chi connectivity index (χ3v) is 2.58. The zero-order chi connectivity index (χ0) is 10.8. The summed E-state index contributed by atoms with van der Waals surface area (Å²) in [5, 5.41) is 9.63. The topological polar surface area (TPSA) is 46.5 Å². The summed E-state index contributed by atoms with van der Waals surface area (Å²) in [5.41, 5.74) is 0.760. The molecule has 1 aromatic carbocycles. The van der Waals surface area contributed by atoms with Crippen LogP contribution in [0.4, 0.5) is 0 Å². The minimum absolute atomic E-state index is 0.335. The van der Waals surface area contributed by atoms with Crippen LogP contribution in [0.25, 0.3) is 0 Å². The van der Waals surface area contributed by atoms with Gasteiger partial charge in [-0.05, 0) is 12.1 Å².